The van der Waals surface area contributed by atoms with Gasteiger partial charge in [-0.25, -0.2) is 4.98 Å². The van der Waals surface area contributed by atoms with Crippen molar-refractivity contribution in [1.82, 2.24) is 4.98 Å². The SMILES string of the molecule is N#Cc1ccc(Oc2ccc(Br)c(CO)c2)nc1. The van der Waals surface area contributed by atoms with Crippen LogP contribution in [0.15, 0.2) is 41.0 Å². The van der Waals surface area contributed by atoms with Crippen LogP contribution < -0.4 is 4.74 Å². The molecule has 1 N–H and O–H groups in total. The summed E-state index contributed by atoms with van der Waals surface area (Å²) in [5.41, 5.74) is 1.22. The van der Waals surface area contributed by atoms with Gasteiger partial charge in [0.2, 0.25) is 5.88 Å². The largest absolute Gasteiger partial charge is 0.439 e. The first-order valence-electron chi connectivity index (χ1n) is 5.16. The van der Waals surface area contributed by atoms with Crippen LogP contribution >= 0.6 is 15.9 Å². The average Bonchev–Trinajstić information content (AvgIpc) is 2.42. The summed E-state index contributed by atoms with van der Waals surface area (Å²) in [6.07, 6.45) is 1.45. The molecule has 2 aromatic rings. The van der Waals surface area contributed by atoms with Crippen molar-refractivity contribution in [2.24, 2.45) is 0 Å². The van der Waals surface area contributed by atoms with Crippen molar-refractivity contribution in [1.29, 1.82) is 5.26 Å². The fourth-order valence-corrected chi connectivity index (χ4v) is 1.74. The van der Waals surface area contributed by atoms with E-state index in [9.17, 15) is 0 Å². The summed E-state index contributed by atoms with van der Waals surface area (Å²) in [5, 5.41) is 17.8. The van der Waals surface area contributed by atoms with Crippen molar-refractivity contribution in [3.05, 3.63) is 52.1 Å². The van der Waals surface area contributed by atoms with Gasteiger partial charge in [0.25, 0.3) is 0 Å². The van der Waals surface area contributed by atoms with Gasteiger partial charge in [0, 0.05) is 16.7 Å². The molecule has 0 bridgehead atoms. The molecule has 90 valence electrons. The van der Waals surface area contributed by atoms with Crippen molar-refractivity contribution in [3.8, 4) is 17.7 Å². The van der Waals surface area contributed by atoms with Crippen LogP contribution in [0.2, 0.25) is 0 Å². The topological polar surface area (TPSA) is 66.1 Å². The van der Waals surface area contributed by atoms with Crippen LogP contribution in [0.4, 0.5) is 0 Å². The molecule has 0 fully saturated rings. The second-order valence-electron chi connectivity index (χ2n) is 3.51. The lowest BCUT2D eigenvalue weighted by molar-refractivity contribution is 0.280. The second kappa shape index (κ2) is 5.63. The quantitative estimate of drug-likeness (QED) is 0.946. The number of aliphatic hydroxyl groups excluding tert-OH is 1. The van der Waals surface area contributed by atoms with Crippen molar-refractivity contribution in [2.75, 3.05) is 0 Å². The summed E-state index contributed by atoms with van der Waals surface area (Å²) in [7, 11) is 0. The van der Waals surface area contributed by atoms with Gasteiger partial charge in [0.1, 0.15) is 11.8 Å². The first-order valence-corrected chi connectivity index (χ1v) is 5.95. The predicted octanol–water partition coefficient (Wildman–Crippen LogP) is 3.00. The highest BCUT2D eigenvalue weighted by molar-refractivity contribution is 9.10. The Labute approximate surface area is 113 Å². The minimum absolute atomic E-state index is 0.0709. The fourth-order valence-electron chi connectivity index (χ4n) is 1.36. The van der Waals surface area contributed by atoms with E-state index in [1.54, 1.807) is 30.3 Å². The highest BCUT2D eigenvalue weighted by Gasteiger charge is 2.03. The first kappa shape index (κ1) is 12.6. The second-order valence-corrected chi connectivity index (χ2v) is 4.36. The van der Waals surface area contributed by atoms with E-state index in [0.29, 0.717) is 17.2 Å². The highest BCUT2D eigenvalue weighted by Crippen LogP contribution is 2.25. The third-order valence-corrected chi connectivity index (χ3v) is 3.05. The maximum absolute atomic E-state index is 9.14. The van der Waals surface area contributed by atoms with Gasteiger partial charge in [-0.15, -0.1) is 0 Å². The molecule has 0 unspecified atom stereocenters. The lowest BCUT2D eigenvalue weighted by atomic mass is 10.2. The summed E-state index contributed by atoms with van der Waals surface area (Å²) in [4.78, 5) is 4.00. The molecule has 0 atom stereocenters. The zero-order valence-corrected chi connectivity index (χ0v) is 10.9. The standard InChI is InChI=1S/C13H9BrN2O2/c14-12-3-2-11(5-10(12)8-17)18-13-4-1-9(6-15)7-16-13/h1-5,7,17H,8H2. The van der Waals surface area contributed by atoms with Gasteiger partial charge >= 0.3 is 0 Å². The van der Waals surface area contributed by atoms with Gasteiger partial charge in [-0.3, -0.25) is 0 Å². The van der Waals surface area contributed by atoms with Crippen molar-refractivity contribution in [3.63, 3.8) is 0 Å². The third-order valence-electron chi connectivity index (χ3n) is 2.28. The van der Waals surface area contributed by atoms with Crippen LogP contribution in [0, 0.1) is 11.3 Å². The highest BCUT2D eigenvalue weighted by atomic mass is 79.9. The molecule has 0 aliphatic rings. The minimum Gasteiger partial charge on any atom is -0.439 e. The number of hydrogen-bond acceptors (Lipinski definition) is 4. The molecule has 0 aliphatic carbocycles. The number of aromatic nitrogens is 1. The molecule has 4 nitrogen and oxygen atoms in total. The van der Waals surface area contributed by atoms with E-state index in [2.05, 4.69) is 20.9 Å². The number of rotatable bonds is 3. The average molecular weight is 305 g/mol. The van der Waals surface area contributed by atoms with Gasteiger partial charge in [0.05, 0.1) is 12.2 Å². The molecule has 0 spiro atoms. The Morgan fingerprint density at radius 1 is 1.33 bits per heavy atom. The smallest absolute Gasteiger partial charge is 0.219 e. The molecular weight excluding hydrogens is 296 g/mol. The van der Waals surface area contributed by atoms with Crippen LogP contribution in [0.3, 0.4) is 0 Å². The Morgan fingerprint density at radius 3 is 2.78 bits per heavy atom. The number of benzene rings is 1. The van der Waals surface area contributed by atoms with E-state index >= 15 is 0 Å². The van der Waals surface area contributed by atoms with Crippen LogP contribution in [0.5, 0.6) is 11.6 Å². The number of nitriles is 1. The lowest BCUT2D eigenvalue weighted by Crippen LogP contribution is -1.91. The van der Waals surface area contributed by atoms with Gasteiger partial charge < -0.3 is 9.84 Å². The van der Waals surface area contributed by atoms with Gasteiger partial charge in [-0.1, -0.05) is 15.9 Å². The molecule has 0 saturated heterocycles. The van der Waals surface area contributed by atoms with E-state index in [-0.39, 0.29) is 6.61 Å². The van der Waals surface area contributed by atoms with Crippen LogP contribution in [-0.4, -0.2) is 10.1 Å². The molecule has 5 heteroatoms. The Bertz CT molecular complexity index is 591. The Balaban J connectivity index is 2.20. The van der Waals surface area contributed by atoms with E-state index in [4.69, 9.17) is 15.1 Å². The minimum atomic E-state index is -0.0709. The van der Waals surface area contributed by atoms with E-state index in [1.165, 1.54) is 6.20 Å². The number of nitrogens with zero attached hydrogens (tertiary/aromatic N) is 2. The van der Waals surface area contributed by atoms with E-state index < -0.39 is 0 Å². The summed E-state index contributed by atoms with van der Waals surface area (Å²) in [6, 6.07) is 10.5. The molecule has 0 radical (unpaired) electrons. The molecule has 0 aliphatic heterocycles. The number of hydrogen-bond donors (Lipinski definition) is 1. The molecule has 2 rings (SSSR count). The third kappa shape index (κ3) is 2.86. The van der Waals surface area contributed by atoms with Crippen LogP contribution in [0.1, 0.15) is 11.1 Å². The zero-order valence-electron chi connectivity index (χ0n) is 9.30. The number of pyridine rings is 1. The molecule has 18 heavy (non-hydrogen) atoms. The monoisotopic (exact) mass is 304 g/mol. The van der Waals surface area contributed by atoms with Crippen LogP contribution in [-0.2, 0) is 6.61 Å². The summed E-state index contributed by atoms with van der Waals surface area (Å²) in [5.74, 6) is 0.986. The Hall–Kier alpha value is -1.90. The molecule has 0 saturated carbocycles. The van der Waals surface area contributed by atoms with Crippen molar-refractivity contribution >= 4 is 15.9 Å². The normalized spacial score (nSPS) is 9.83. The Kier molecular flexibility index (Phi) is 3.92. The summed E-state index contributed by atoms with van der Waals surface area (Å²) >= 11 is 3.33. The summed E-state index contributed by atoms with van der Waals surface area (Å²) < 4.78 is 6.35. The van der Waals surface area contributed by atoms with Gasteiger partial charge in [-0.05, 0) is 29.8 Å². The predicted molar refractivity (Wildman–Crippen MR) is 69.1 cm³/mol. The van der Waals surface area contributed by atoms with E-state index in [0.717, 1.165) is 10.0 Å². The Morgan fingerprint density at radius 2 is 2.17 bits per heavy atom. The molecule has 1 aromatic heterocycles. The lowest BCUT2D eigenvalue weighted by Gasteiger charge is -2.07. The first-order chi connectivity index (χ1) is 8.72. The number of ether oxygens (including phenoxy) is 1. The maximum atomic E-state index is 9.14. The fraction of sp³-hybridized carbons (Fsp3) is 0.0769. The van der Waals surface area contributed by atoms with E-state index in [1.807, 2.05) is 6.07 Å². The number of halogens is 1. The maximum Gasteiger partial charge on any atom is 0.219 e. The molecule has 1 aromatic carbocycles. The summed E-state index contributed by atoms with van der Waals surface area (Å²) in [6.45, 7) is -0.0709. The van der Waals surface area contributed by atoms with Gasteiger partial charge in [-0.2, -0.15) is 5.26 Å². The molecule has 0 amide bonds. The molecular formula is C13H9BrN2O2. The van der Waals surface area contributed by atoms with Crippen molar-refractivity contribution < 1.29 is 9.84 Å². The van der Waals surface area contributed by atoms with Gasteiger partial charge in [0.15, 0.2) is 0 Å². The van der Waals surface area contributed by atoms with Crippen LogP contribution in [0.25, 0.3) is 0 Å². The number of aliphatic hydroxyl groups is 1. The molecule has 1 heterocycles. The zero-order chi connectivity index (χ0) is 13.0. The van der Waals surface area contributed by atoms with Crippen molar-refractivity contribution in [2.45, 2.75) is 6.61 Å².